The summed E-state index contributed by atoms with van der Waals surface area (Å²) in [6.45, 7) is 7.04. The number of hydrogen-bond donors (Lipinski definition) is 8. The van der Waals surface area contributed by atoms with Crippen LogP contribution in [0.15, 0.2) is 72.8 Å². The van der Waals surface area contributed by atoms with Crippen molar-refractivity contribution in [2.75, 3.05) is 66.7 Å². The minimum Gasteiger partial charge on any atom is -0.482 e. The molecule has 4 fully saturated rings. The minimum absolute atomic E-state index is 0.0980. The first-order chi connectivity index (χ1) is 64.2. The SMILES string of the molecule is CCCCC[C@@H](CC[C@@H]1[C@H]2Cc3cccc(OCC(=O)O)c3C[C@H]2C[C@H]1O)OC(=O)OC.CCCCC[C@@H](CC[C@@H]1[C@H]2Cc3cccc(OCC(=O)O)c3C[C@H]2C[C@H]1O)OC(=O)OCC.CCCCC[C@@H](CC[C@@H]1[C@H]2Cc3cccc(OCC(=O)O)c3C[C@H]2C[C@H]1O)OC(=O)OCCF.CCCCC[C@@H](CC[C@@H]1[C@H]2Cc3cccc(OCC(=O)O)c3C[C@H]2C[C@H]1O)OC(=O)OCCF. The molecule has 28 nitrogen and oxygen atoms in total. The summed E-state index contributed by atoms with van der Waals surface area (Å²) in [7, 11) is 1.32. The number of fused-ring (bicyclic) bond motifs is 8. The van der Waals surface area contributed by atoms with E-state index in [-0.39, 0.29) is 99.9 Å². The van der Waals surface area contributed by atoms with Gasteiger partial charge in [-0.3, -0.25) is 0 Å². The van der Waals surface area contributed by atoms with Gasteiger partial charge in [0.05, 0.1) is 38.1 Å². The smallest absolute Gasteiger partial charge is 0.482 e. The molecule has 0 aliphatic heterocycles. The van der Waals surface area contributed by atoms with Crippen LogP contribution in [0.4, 0.5) is 28.0 Å². The van der Waals surface area contributed by atoms with E-state index in [1.807, 2.05) is 48.5 Å². The second kappa shape index (κ2) is 56.3. The maximum atomic E-state index is 12.3. The lowest BCUT2D eigenvalue weighted by Crippen LogP contribution is -2.29. The average molecular weight is 1870 g/mol. The lowest BCUT2D eigenvalue weighted by atomic mass is 9.73. The minimum atomic E-state index is -1.01. The number of rotatable bonds is 49. The summed E-state index contributed by atoms with van der Waals surface area (Å²) in [4.78, 5) is 91.0. The van der Waals surface area contributed by atoms with Crippen LogP contribution in [0.25, 0.3) is 0 Å². The molecule has 0 heterocycles. The lowest BCUT2D eigenvalue weighted by Gasteiger charge is -2.32. The molecule has 4 saturated carbocycles. The normalized spacial score (nSPS) is 24.4. The summed E-state index contributed by atoms with van der Waals surface area (Å²) < 4.78 is 87.9. The first kappa shape index (κ1) is 107. The summed E-state index contributed by atoms with van der Waals surface area (Å²) >= 11 is 0. The van der Waals surface area contributed by atoms with Crippen molar-refractivity contribution >= 4 is 48.5 Å². The Morgan fingerprint density at radius 1 is 0.331 bits per heavy atom. The van der Waals surface area contributed by atoms with E-state index in [9.17, 15) is 67.6 Å². The highest BCUT2D eigenvalue weighted by molar-refractivity contribution is 5.70. The van der Waals surface area contributed by atoms with Gasteiger partial charge in [-0.05, 0) is 326 Å². The van der Waals surface area contributed by atoms with E-state index in [2.05, 4.69) is 52.0 Å². The van der Waals surface area contributed by atoms with Gasteiger partial charge in [0.15, 0.2) is 26.4 Å². The van der Waals surface area contributed by atoms with Gasteiger partial charge in [-0.15, -0.1) is 0 Å². The second-order valence-corrected chi connectivity index (χ2v) is 37.5. The number of alkyl halides is 2. The van der Waals surface area contributed by atoms with Crippen molar-refractivity contribution in [3.05, 3.63) is 117 Å². The van der Waals surface area contributed by atoms with Crippen LogP contribution in [-0.4, -0.2) is 205 Å². The van der Waals surface area contributed by atoms with Crippen molar-refractivity contribution in [3.8, 4) is 23.0 Å². The molecule has 0 amide bonds. The average Bonchev–Trinajstić information content (AvgIpc) is 1.66. The Balaban J connectivity index is 0.000000199. The van der Waals surface area contributed by atoms with Gasteiger partial charge in [0.25, 0.3) is 0 Å². The molecular weight excluding hydrogens is 1720 g/mol. The number of aliphatic hydroxyl groups is 4. The molecule has 30 heteroatoms. The third kappa shape index (κ3) is 33.3. The number of ether oxygens (including phenoxy) is 12. The van der Waals surface area contributed by atoms with E-state index in [0.29, 0.717) is 103 Å². The number of aliphatic hydroxyl groups excluding tert-OH is 4. The second-order valence-electron chi connectivity index (χ2n) is 37.5. The Kier molecular flexibility index (Phi) is 45.5. The molecule has 0 unspecified atom stereocenters. The fourth-order valence-electron chi connectivity index (χ4n) is 22.4. The van der Waals surface area contributed by atoms with Gasteiger partial charge >= 0.3 is 48.5 Å². The molecule has 0 saturated heterocycles. The molecule has 8 aliphatic carbocycles. The summed E-state index contributed by atoms with van der Waals surface area (Å²) in [5.74, 6) is 1.68. The molecule has 0 bridgehead atoms. The predicted molar refractivity (Wildman–Crippen MR) is 489 cm³/mol. The van der Waals surface area contributed by atoms with Crippen LogP contribution in [-0.2, 0) is 108 Å². The zero-order chi connectivity index (χ0) is 95.9. The van der Waals surface area contributed by atoms with Gasteiger partial charge in [0.1, 0.15) is 74.0 Å². The molecule has 12 rings (SSSR count). The van der Waals surface area contributed by atoms with Crippen LogP contribution < -0.4 is 18.9 Å². The first-order valence-electron chi connectivity index (χ1n) is 49.1. The van der Waals surface area contributed by atoms with E-state index in [1.54, 1.807) is 6.92 Å². The Morgan fingerprint density at radius 3 is 0.789 bits per heavy atom. The largest absolute Gasteiger partial charge is 0.508 e. The number of halogens is 2. The molecule has 8 N–H and O–H groups in total. The maximum Gasteiger partial charge on any atom is 0.508 e. The molecule has 133 heavy (non-hydrogen) atoms. The standard InChI is InChI=1S/2C26H37FO7.C26H38O7.C25H36O7/c2*1-2-3-4-7-19(34-26(31)32-12-11-27)9-10-20-21-13-17-6-5-8-24(33-16-25(29)30)22(17)14-18(21)15-23(20)28;1-3-5-6-9-19(33-26(30)31-4-2)11-12-20-21-13-17-8-7-10-24(32-16-25(28)29)22(17)14-18(21)15-23(20)27;1-3-4-5-8-18(32-25(29)30-2)10-11-19-20-12-16-7-6-9-23(31-15-24(27)28)21(16)13-17(20)14-22(19)26/h2*5-6,8,18-21,23,28H,2-4,7,9-16H2,1H3,(H,29,30);7-8,10,18-21,23,27H,3-6,9,11-16H2,1-2H3,(H,28,29);6-7,9,17-20,22,26H,3-5,8,10-15H2,1-2H3,(H,27,28)/t3*18-,19-,20+,21-,23+;17-,18-,19+,20-,22+/m0000/s1. The van der Waals surface area contributed by atoms with Crippen LogP contribution >= 0.6 is 0 Å². The lowest BCUT2D eigenvalue weighted by molar-refractivity contribution is -0.140. The van der Waals surface area contributed by atoms with Crippen LogP contribution in [0, 0.1) is 71.0 Å². The third-order valence-electron chi connectivity index (χ3n) is 28.7. The molecule has 0 radical (unpaired) electrons. The highest BCUT2D eigenvalue weighted by Gasteiger charge is 2.50. The van der Waals surface area contributed by atoms with Crippen molar-refractivity contribution < 1.29 is 145 Å². The van der Waals surface area contributed by atoms with Crippen molar-refractivity contribution in [1.82, 2.24) is 0 Å². The molecular formula is C103H148F2O28. The Labute approximate surface area is 782 Å². The van der Waals surface area contributed by atoms with Crippen LogP contribution in [0.5, 0.6) is 23.0 Å². The zero-order valence-electron chi connectivity index (χ0n) is 78.8. The van der Waals surface area contributed by atoms with Crippen LogP contribution in [0.1, 0.15) is 259 Å². The first-order valence-corrected chi connectivity index (χ1v) is 49.1. The highest BCUT2D eigenvalue weighted by atomic mass is 19.1. The van der Waals surface area contributed by atoms with Crippen molar-refractivity contribution in [2.24, 2.45) is 71.0 Å². The van der Waals surface area contributed by atoms with Gasteiger partial charge in [0.2, 0.25) is 0 Å². The van der Waals surface area contributed by atoms with Crippen molar-refractivity contribution in [1.29, 1.82) is 0 Å². The van der Waals surface area contributed by atoms with E-state index in [0.717, 1.165) is 239 Å². The monoisotopic (exact) mass is 1870 g/mol. The highest BCUT2D eigenvalue weighted by Crippen LogP contribution is 2.54. The summed E-state index contributed by atoms with van der Waals surface area (Å²) in [6, 6.07) is 23.1. The number of carbonyl (C=O) groups is 8. The number of unbranched alkanes of at least 4 members (excludes halogenated alkanes) is 8. The number of aliphatic carboxylic acids is 4. The quantitative estimate of drug-likeness (QED) is 0.0116. The Bertz CT molecular complexity index is 4120. The Hall–Kier alpha value is -9.26. The van der Waals surface area contributed by atoms with E-state index in [1.165, 1.54) is 18.2 Å². The number of carbonyl (C=O) groups excluding carboxylic acids is 4. The molecule has 0 spiro atoms. The number of carboxylic acid groups (broad SMARTS) is 4. The van der Waals surface area contributed by atoms with Gasteiger partial charge in [0, 0.05) is 0 Å². The molecule has 4 aromatic carbocycles. The fourth-order valence-corrected chi connectivity index (χ4v) is 22.4. The molecule has 20 atom stereocenters. The number of hydrogen-bond acceptors (Lipinski definition) is 24. The summed E-state index contributed by atoms with van der Waals surface area (Å²) in [6.07, 6.45) is 25.1. The van der Waals surface area contributed by atoms with Gasteiger partial charge in [-0.1, -0.05) is 128 Å². The number of benzene rings is 4. The van der Waals surface area contributed by atoms with Crippen LogP contribution in [0.3, 0.4) is 0 Å². The molecule has 0 aromatic heterocycles. The molecule has 4 aromatic rings. The fraction of sp³-hybridized carbons (Fsp3) is 0.689. The number of carboxylic acids is 4. The molecule has 742 valence electrons. The molecule has 8 aliphatic rings. The van der Waals surface area contributed by atoms with E-state index < -0.39 is 74.1 Å². The van der Waals surface area contributed by atoms with Gasteiger partial charge in [-0.2, -0.15) is 0 Å². The predicted octanol–water partition coefficient (Wildman–Crippen LogP) is 18.6. The number of methoxy groups -OCH3 is 1. The van der Waals surface area contributed by atoms with Crippen LogP contribution in [0.2, 0.25) is 0 Å². The van der Waals surface area contributed by atoms with Crippen molar-refractivity contribution in [3.63, 3.8) is 0 Å². The topological polar surface area (TPSA) is 409 Å². The zero-order valence-corrected chi connectivity index (χ0v) is 78.8. The van der Waals surface area contributed by atoms with Gasteiger partial charge < -0.3 is 97.7 Å². The summed E-state index contributed by atoms with van der Waals surface area (Å²) in [5.41, 5.74) is 8.91. The van der Waals surface area contributed by atoms with E-state index >= 15 is 0 Å². The maximum absolute atomic E-state index is 12.3. The van der Waals surface area contributed by atoms with E-state index in [4.69, 9.17) is 77.3 Å². The third-order valence-corrected chi connectivity index (χ3v) is 28.7. The summed E-state index contributed by atoms with van der Waals surface area (Å²) in [5, 5.41) is 79.3. The van der Waals surface area contributed by atoms with Gasteiger partial charge in [-0.25, -0.2) is 47.1 Å². The van der Waals surface area contributed by atoms with Crippen molar-refractivity contribution in [2.45, 2.75) is 315 Å². The Morgan fingerprint density at radius 2 is 0.571 bits per heavy atom.